The van der Waals surface area contributed by atoms with Crippen molar-refractivity contribution in [2.75, 3.05) is 32.4 Å². The van der Waals surface area contributed by atoms with Crippen LogP contribution < -0.4 is 0 Å². The Hall–Kier alpha value is -0.0900. The van der Waals surface area contributed by atoms with E-state index in [2.05, 4.69) is 11.8 Å². The summed E-state index contributed by atoms with van der Waals surface area (Å²) < 4.78 is 16.8. The molecule has 0 aromatic carbocycles. The van der Waals surface area contributed by atoms with Crippen molar-refractivity contribution in [2.45, 2.75) is 140 Å². The Kier molecular flexibility index (Phi) is 19.6. The van der Waals surface area contributed by atoms with Crippen molar-refractivity contribution in [2.24, 2.45) is 0 Å². The van der Waals surface area contributed by atoms with Gasteiger partial charge in [0, 0.05) is 0 Å². The van der Waals surface area contributed by atoms with Gasteiger partial charge in [0.25, 0.3) is 0 Å². The Bertz CT molecular complexity index is 591. The largest absolute Gasteiger partial charge is 0.394 e. The van der Waals surface area contributed by atoms with Gasteiger partial charge in [-0.2, -0.15) is 0 Å². The van der Waals surface area contributed by atoms with Gasteiger partial charge in [-0.1, -0.05) is 77.6 Å². The Morgan fingerprint density at radius 3 is 1.62 bits per heavy atom. The molecule has 1 fully saturated rings. The molecule has 0 saturated carbocycles. The highest BCUT2D eigenvalue weighted by molar-refractivity contribution is 7.51. The summed E-state index contributed by atoms with van der Waals surface area (Å²) >= 11 is 0. The maximum absolute atomic E-state index is 11.2. The zero-order valence-electron chi connectivity index (χ0n) is 23.1. The quantitative estimate of drug-likeness (QED) is 0.0824. The molecule has 0 unspecified atom stereocenters. The molecule has 9 nitrogen and oxygen atoms in total. The summed E-state index contributed by atoms with van der Waals surface area (Å²) in [5.74, 6) is 0. The van der Waals surface area contributed by atoms with Gasteiger partial charge in [0.2, 0.25) is 0 Å². The summed E-state index contributed by atoms with van der Waals surface area (Å²) in [4.78, 5) is 20.6. The topological polar surface area (TPSA) is 151 Å². The average molecular weight is 554 g/mol. The van der Waals surface area contributed by atoms with Crippen molar-refractivity contribution < 1.29 is 39.5 Å². The first kappa shape index (κ1) is 34.9. The van der Waals surface area contributed by atoms with Gasteiger partial charge in [-0.15, -0.1) is 0 Å². The molecular formula is C27H56NO8P. The van der Waals surface area contributed by atoms with Gasteiger partial charge in [0.05, 0.1) is 18.9 Å². The molecule has 37 heavy (non-hydrogen) atoms. The first-order chi connectivity index (χ1) is 17.7. The highest BCUT2D eigenvalue weighted by atomic mass is 31.2. The molecule has 0 amide bonds. The normalized spacial score (nSPS) is 24.7. The van der Waals surface area contributed by atoms with Gasteiger partial charge < -0.3 is 39.8 Å². The van der Waals surface area contributed by atoms with Crippen molar-refractivity contribution in [1.82, 2.24) is 4.90 Å². The van der Waals surface area contributed by atoms with Gasteiger partial charge in [-0.05, 0) is 51.7 Å². The van der Waals surface area contributed by atoms with Crippen LogP contribution in [0, 0.1) is 0 Å². The minimum Gasteiger partial charge on any atom is -0.394 e. The minimum atomic E-state index is -3.99. The lowest BCUT2D eigenvalue weighted by Crippen LogP contribution is -2.58. The SMILES string of the molecule is CCCCCCCCCCCCCCN(CCCC[C@@H]1O[C@H](CO)[C@@H](O)[C@H](O)[C@H]1O)CCCP(=O)(O)O. The summed E-state index contributed by atoms with van der Waals surface area (Å²) in [6.07, 6.45) is 12.5. The monoisotopic (exact) mass is 553 g/mol. The molecule has 0 aliphatic carbocycles. The second kappa shape index (κ2) is 20.8. The Labute approximate surface area is 224 Å². The van der Waals surface area contributed by atoms with E-state index in [1.165, 1.54) is 64.2 Å². The van der Waals surface area contributed by atoms with Gasteiger partial charge in [-0.3, -0.25) is 4.57 Å². The first-order valence-corrected chi connectivity index (χ1v) is 16.6. The number of nitrogens with zero attached hydrogens (tertiary/aromatic N) is 1. The van der Waals surface area contributed by atoms with Crippen LogP contribution in [0.3, 0.4) is 0 Å². The molecule has 0 aromatic heterocycles. The van der Waals surface area contributed by atoms with E-state index >= 15 is 0 Å². The van der Waals surface area contributed by atoms with Crippen molar-refractivity contribution >= 4 is 7.60 Å². The van der Waals surface area contributed by atoms with Crippen LogP contribution in [0.25, 0.3) is 0 Å². The van der Waals surface area contributed by atoms with Crippen LogP contribution in [0.1, 0.15) is 110 Å². The molecule has 0 radical (unpaired) electrons. The standard InChI is InChI=1S/C27H56NO8P/c1-2-3-4-5-6-7-8-9-10-11-12-14-18-28(20-16-21-37(33,34)35)19-15-13-17-23-25(30)27(32)26(31)24(22-29)36-23/h23-27,29-32H,2-22H2,1H3,(H2,33,34,35)/t23-,24+,25-,26+,27+/m0/s1. The third-order valence-electron chi connectivity index (χ3n) is 7.46. The summed E-state index contributed by atoms with van der Waals surface area (Å²) in [5.41, 5.74) is 0. The molecule has 0 spiro atoms. The Morgan fingerprint density at radius 2 is 1.11 bits per heavy atom. The predicted octanol–water partition coefficient (Wildman–Crippen LogP) is 3.57. The summed E-state index contributed by atoms with van der Waals surface area (Å²) in [6.45, 7) is 4.15. The molecule has 6 N–H and O–H groups in total. The number of hydrogen-bond donors (Lipinski definition) is 6. The highest BCUT2D eigenvalue weighted by Crippen LogP contribution is 2.34. The molecule has 1 rings (SSSR count). The molecule has 5 atom stereocenters. The van der Waals surface area contributed by atoms with Crippen LogP contribution in [-0.2, 0) is 9.30 Å². The maximum Gasteiger partial charge on any atom is 0.325 e. The Morgan fingerprint density at radius 1 is 0.649 bits per heavy atom. The average Bonchev–Trinajstić information content (AvgIpc) is 2.85. The van der Waals surface area contributed by atoms with E-state index in [-0.39, 0.29) is 6.16 Å². The van der Waals surface area contributed by atoms with E-state index < -0.39 is 44.7 Å². The molecule has 0 aromatic rings. The number of unbranched alkanes of at least 4 members (excludes halogenated alkanes) is 12. The molecule has 1 aliphatic rings. The van der Waals surface area contributed by atoms with Crippen LogP contribution in [0.4, 0.5) is 0 Å². The lowest BCUT2D eigenvalue weighted by molar-refractivity contribution is -0.230. The van der Waals surface area contributed by atoms with Crippen LogP contribution in [0.2, 0.25) is 0 Å². The predicted molar refractivity (Wildman–Crippen MR) is 147 cm³/mol. The zero-order chi connectivity index (χ0) is 27.5. The fraction of sp³-hybridized carbons (Fsp3) is 1.00. The fourth-order valence-corrected chi connectivity index (χ4v) is 5.66. The van der Waals surface area contributed by atoms with Crippen LogP contribution in [0.5, 0.6) is 0 Å². The van der Waals surface area contributed by atoms with Crippen molar-refractivity contribution in [3.63, 3.8) is 0 Å². The fourth-order valence-electron chi connectivity index (χ4n) is 5.11. The van der Waals surface area contributed by atoms with Crippen LogP contribution >= 0.6 is 7.60 Å². The van der Waals surface area contributed by atoms with Gasteiger partial charge in [-0.25, -0.2) is 0 Å². The van der Waals surface area contributed by atoms with E-state index in [0.29, 0.717) is 19.4 Å². The third kappa shape index (κ3) is 16.6. The maximum atomic E-state index is 11.2. The zero-order valence-corrected chi connectivity index (χ0v) is 24.0. The molecule has 1 heterocycles. The molecule has 1 aliphatic heterocycles. The van der Waals surface area contributed by atoms with Crippen LogP contribution in [-0.4, -0.2) is 98.0 Å². The summed E-state index contributed by atoms with van der Waals surface area (Å²) in [5, 5.41) is 39.4. The summed E-state index contributed by atoms with van der Waals surface area (Å²) in [7, 11) is -3.99. The smallest absolute Gasteiger partial charge is 0.325 e. The van der Waals surface area contributed by atoms with E-state index in [9.17, 15) is 34.8 Å². The lowest BCUT2D eigenvalue weighted by Gasteiger charge is -2.40. The van der Waals surface area contributed by atoms with E-state index in [4.69, 9.17) is 4.74 Å². The van der Waals surface area contributed by atoms with Crippen molar-refractivity contribution in [3.05, 3.63) is 0 Å². The summed E-state index contributed by atoms with van der Waals surface area (Å²) in [6, 6.07) is 0. The van der Waals surface area contributed by atoms with E-state index in [1.54, 1.807) is 0 Å². The van der Waals surface area contributed by atoms with Crippen molar-refractivity contribution in [3.8, 4) is 0 Å². The van der Waals surface area contributed by atoms with Crippen LogP contribution in [0.15, 0.2) is 0 Å². The second-order valence-corrected chi connectivity index (χ2v) is 12.6. The minimum absolute atomic E-state index is 0.104. The third-order valence-corrected chi connectivity index (χ3v) is 8.35. The lowest BCUT2D eigenvalue weighted by atomic mass is 9.92. The Balaban J connectivity index is 2.27. The molecule has 222 valence electrons. The second-order valence-electron chi connectivity index (χ2n) is 10.8. The van der Waals surface area contributed by atoms with E-state index in [1.807, 2.05) is 0 Å². The first-order valence-electron chi connectivity index (χ1n) is 14.8. The number of hydrogen-bond acceptors (Lipinski definition) is 7. The van der Waals surface area contributed by atoms with Gasteiger partial charge >= 0.3 is 7.60 Å². The van der Waals surface area contributed by atoms with E-state index in [0.717, 1.165) is 38.8 Å². The number of aliphatic hydroxyl groups is 4. The highest BCUT2D eigenvalue weighted by Gasteiger charge is 2.42. The molecule has 1 saturated heterocycles. The molecular weight excluding hydrogens is 497 g/mol. The number of ether oxygens (including phenoxy) is 1. The number of aliphatic hydroxyl groups excluding tert-OH is 4. The molecule has 0 bridgehead atoms. The van der Waals surface area contributed by atoms with Gasteiger partial charge in [0.1, 0.15) is 24.4 Å². The molecule has 10 heteroatoms. The van der Waals surface area contributed by atoms with Gasteiger partial charge in [0.15, 0.2) is 0 Å². The number of rotatable bonds is 23. The van der Waals surface area contributed by atoms with Crippen molar-refractivity contribution in [1.29, 1.82) is 0 Å².